The molecule has 1 saturated heterocycles. The van der Waals surface area contributed by atoms with Gasteiger partial charge in [-0.2, -0.15) is 5.06 Å². The normalized spacial score (nSPS) is 39.2. The first-order valence-electron chi connectivity index (χ1n) is 12.4. The van der Waals surface area contributed by atoms with Crippen molar-refractivity contribution in [3.8, 4) is 0 Å². The number of hydrogen-bond donors (Lipinski definition) is 5. The van der Waals surface area contributed by atoms with Gasteiger partial charge >= 0.3 is 0 Å². The number of rotatable bonds is 10. The topological polar surface area (TPSA) is 122 Å². The maximum absolute atomic E-state index is 13.5. The Bertz CT molecular complexity index is 644. The van der Waals surface area contributed by atoms with E-state index in [0.29, 0.717) is 49.0 Å². The number of carbonyl (C=O) groups excluding carboxylic acids is 1. The van der Waals surface area contributed by atoms with Gasteiger partial charge in [0.1, 0.15) is 12.1 Å². The molecular weight excluding hydrogens is 412 g/mol. The van der Waals surface area contributed by atoms with E-state index in [0.717, 1.165) is 6.42 Å². The molecule has 4 fully saturated rings. The predicted octanol–water partition coefficient (Wildman–Crippen LogP) is 1.06. The fourth-order valence-corrected chi connectivity index (χ4v) is 6.46. The predicted molar refractivity (Wildman–Crippen MR) is 120 cm³/mol. The summed E-state index contributed by atoms with van der Waals surface area (Å²) in [5.41, 5.74) is 0.331. The summed E-state index contributed by atoms with van der Waals surface area (Å²) < 4.78 is 0. The molecule has 186 valence electrons. The van der Waals surface area contributed by atoms with Crippen molar-refractivity contribution in [1.82, 2.24) is 10.4 Å². The number of hydrogen-bond acceptors (Lipinski definition) is 7. The van der Waals surface area contributed by atoms with Gasteiger partial charge in [-0.3, -0.25) is 9.63 Å². The molecule has 10 atom stereocenters. The maximum Gasteiger partial charge on any atom is 0.240 e. The summed E-state index contributed by atoms with van der Waals surface area (Å²) in [6.45, 7) is 10.4. The van der Waals surface area contributed by atoms with Crippen LogP contribution in [0.4, 0.5) is 0 Å². The average Bonchev–Trinajstić information content (AvgIpc) is 3.12. The van der Waals surface area contributed by atoms with Gasteiger partial charge in [-0.1, -0.05) is 27.7 Å². The van der Waals surface area contributed by atoms with Gasteiger partial charge in [0, 0.05) is 18.5 Å². The lowest BCUT2D eigenvalue weighted by molar-refractivity contribution is -0.179. The summed E-state index contributed by atoms with van der Waals surface area (Å²) in [7, 11) is 0. The first-order chi connectivity index (χ1) is 15.0. The van der Waals surface area contributed by atoms with E-state index in [1.54, 1.807) is 12.0 Å². The van der Waals surface area contributed by atoms with Crippen LogP contribution in [0, 0.1) is 29.1 Å². The smallest absolute Gasteiger partial charge is 0.240 e. The quantitative estimate of drug-likeness (QED) is 0.333. The van der Waals surface area contributed by atoms with Gasteiger partial charge in [-0.05, 0) is 62.2 Å². The monoisotopic (exact) mass is 456 g/mol. The van der Waals surface area contributed by atoms with Crippen LogP contribution >= 0.6 is 0 Å². The van der Waals surface area contributed by atoms with Crippen molar-refractivity contribution >= 4 is 5.91 Å². The summed E-state index contributed by atoms with van der Waals surface area (Å²) in [5, 5.41) is 44.9. The van der Waals surface area contributed by atoms with Gasteiger partial charge in [0.05, 0.1) is 24.9 Å². The lowest BCUT2D eigenvalue weighted by atomic mass is 9.45. The molecule has 1 amide bonds. The molecule has 1 aliphatic heterocycles. The summed E-state index contributed by atoms with van der Waals surface area (Å²) in [5.74, 6) is 0.896. The maximum atomic E-state index is 13.5. The minimum absolute atomic E-state index is 0.102. The molecule has 2 unspecified atom stereocenters. The van der Waals surface area contributed by atoms with Gasteiger partial charge in [0.25, 0.3) is 0 Å². The van der Waals surface area contributed by atoms with Gasteiger partial charge in [-0.15, -0.1) is 0 Å². The standard InChI is InChI=1S/C24H44N2O6/c1-6-18(29)19(30)8-7-9-26-22(21(14(3)28)20(12-27)32-26)23(31)25-17-11-15-10-16(13(17)2)24(15,4)5/h13-22,27-30H,6-12H2,1-5H3,(H,25,31)/t13-,14-,15+,16-,17-,18?,19?,20-,21+,22-/m0/s1. The largest absolute Gasteiger partial charge is 0.394 e. The molecule has 32 heavy (non-hydrogen) atoms. The number of aliphatic hydroxyl groups is 4. The van der Waals surface area contributed by atoms with Gasteiger partial charge in [-0.25, -0.2) is 0 Å². The second kappa shape index (κ2) is 10.2. The van der Waals surface area contributed by atoms with Crippen LogP contribution in [0.1, 0.15) is 66.7 Å². The van der Waals surface area contributed by atoms with Crippen LogP contribution < -0.4 is 5.32 Å². The first kappa shape index (κ1) is 25.8. The molecule has 8 heteroatoms. The Morgan fingerprint density at radius 3 is 2.44 bits per heavy atom. The van der Waals surface area contributed by atoms with E-state index in [1.165, 1.54) is 6.42 Å². The van der Waals surface area contributed by atoms with Gasteiger partial charge in [0.15, 0.2) is 0 Å². The van der Waals surface area contributed by atoms with Crippen LogP contribution in [0.15, 0.2) is 0 Å². The van der Waals surface area contributed by atoms with Crippen molar-refractivity contribution in [2.75, 3.05) is 13.2 Å². The number of aliphatic hydroxyl groups excluding tert-OH is 4. The number of carbonyl (C=O) groups is 1. The van der Waals surface area contributed by atoms with Crippen molar-refractivity contribution in [3.63, 3.8) is 0 Å². The summed E-state index contributed by atoms with van der Waals surface area (Å²) >= 11 is 0. The molecule has 1 heterocycles. The molecule has 3 saturated carbocycles. The zero-order valence-corrected chi connectivity index (χ0v) is 20.3. The molecule has 0 radical (unpaired) electrons. The van der Waals surface area contributed by atoms with Gasteiger partial charge in [0.2, 0.25) is 5.91 Å². The number of nitrogens with zero attached hydrogens (tertiary/aromatic N) is 1. The molecule has 5 N–H and O–H groups in total. The minimum atomic E-state index is -0.825. The third-order valence-electron chi connectivity index (χ3n) is 8.80. The molecule has 0 aromatic carbocycles. The second-order valence-corrected chi connectivity index (χ2v) is 11.0. The zero-order valence-electron chi connectivity index (χ0n) is 20.3. The summed E-state index contributed by atoms with van der Waals surface area (Å²) in [6, 6.07) is -0.607. The Morgan fingerprint density at radius 2 is 1.91 bits per heavy atom. The third kappa shape index (κ3) is 4.86. The van der Waals surface area contributed by atoms with Crippen LogP contribution in [0.3, 0.4) is 0 Å². The van der Waals surface area contributed by atoms with Crippen LogP contribution in [0.25, 0.3) is 0 Å². The molecule has 4 aliphatic rings. The van der Waals surface area contributed by atoms with Crippen molar-refractivity contribution in [2.45, 2.75) is 103 Å². The average molecular weight is 457 g/mol. The Morgan fingerprint density at radius 1 is 1.22 bits per heavy atom. The van der Waals surface area contributed by atoms with Crippen LogP contribution in [0.5, 0.6) is 0 Å². The SMILES string of the molecule is CCC(O)C(O)CCCN1O[C@@H](CO)[C@@H]([C@H](C)O)[C@H]1C(=O)N[C@H]1C[C@H]2C[C@@H]([C@@H]1C)C2(C)C. The minimum Gasteiger partial charge on any atom is -0.394 e. The van der Waals surface area contributed by atoms with Crippen molar-refractivity contribution < 1.29 is 30.1 Å². The number of nitrogens with one attached hydrogen (secondary N) is 1. The summed E-state index contributed by atoms with van der Waals surface area (Å²) in [4.78, 5) is 19.3. The fraction of sp³-hybridized carbons (Fsp3) is 0.958. The molecule has 4 rings (SSSR count). The van der Waals surface area contributed by atoms with Crippen molar-refractivity contribution in [2.24, 2.45) is 29.1 Å². The highest BCUT2D eigenvalue weighted by Crippen LogP contribution is 2.61. The molecule has 2 bridgehead atoms. The Kier molecular flexibility index (Phi) is 8.27. The Hall–Kier alpha value is -0.770. The first-order valence-corrected chi connectivity index (χ1v) is 12.4. The molecule has 8 nitrogen and oxygen atoms in total. The molecule has 0 spiro atoms. The third-order valence-corrected chi connectivity index (χ3v) is 8.80. The fourth-order valence-electron chi connectivity index (χ4n) is 6.46. The molecule has 3 aliphatic carbocycles. The lowest BCUT2D eigenvalue weighted by Crippen LogP contribution is -2.62. The van der Waals surface area contributed by atoms with E-state index in [2.05, 4.69) is 26.1 Å². The van der Waals surface area contributed by atoms with E-state index in [9.17, 15) is 25.2 Å². The van der Waals surface area contributed by atoms with Crippen LogP contribution in [-0.2, 0) is 9.63 Å². The van der Waals surface area contributed by atoms with Crippen molar-refractivity contribution in [1.29, 1.82) is 0 Å². The number of amides is 1. The number of hydroxylamine groups is 2. The number of fused-ring (bicyclic) bond motifs is 2. The molecule has 0 aromatic rings. The highest BCUT2D eigenvalue weighted by Gasteiger charge is 2.57. The Balaban J connectivity index is 1.67. The lowest BCUT2D eigenvalue weighted by Gasteiger charge is -2.62. The van der Waals surface area contributed by atoms with E-state index >= 15 is 0 Å². The van der Waals surface area contributed by atoms with Crippen LogP contribution in [-0.4, -0.2) is 81.0 Å². The zero-order chi connectivity index (χ0) is 23.8. The van der Waals surface area contributed by atoms with Crippen LogP contribution in [0.2, 0.25) is 0 Å². The highest BCUT2D eigenvalue weighted by molar-refractivity contribution is 5.82. The van der Waals surface area contributed by atoms with E-state index in [-0.39, 0.29) is 18.6 Å². The van der Waals surface area contributed by atoms with E-state index in [1.807, 2.05) is 6.92 Å². The van der Waals surface area contributed by atoms with E-state index < -0.39 is 36.4 Å². The molecule has 0 aromatic heterocycles. The van der Waals surface area contributed by atoms with E-state index in [4.69, 9.17) is 4.84 Å². The summed E-state index contributed by atoms with van der Waals surface area (Å²) in [6.07, 6.45) is 0.491. The van der Waals surface area contributed by atoms with Gasteiger partial charge < -0.3 is 25.7 Å². The van der Waals surface area contributed by atoms with Crippen molar-refractivity contribution in [3.05, 3.63) is 0 Å². The highest BCUT2D eigenvalue weighted by atomic mass is 16.7. The molecular formula is C24H44N2O6. The second-order valence-electron chi connectivity index (χ2n) is 11.0. The Labute approximate surface area is 192 Å².